The summed E-state index contributed by atoms with van der Waals surface area (Å²) in [6.45, 7) is 3.85. The van der Waals surface area contributed by atoms with Gasteiger partial charge in [-0.1, -0.05) is 23.4 Å². The van der Waals surface area contributed by atoms with E-state index < -0.39 is 0 Å². The lowest BCUT2D eigenvalue weighted by Gasteiger charge is -2.20. The summed E-state index contributed by atoms with van der Waals surface area (Å²) < 4.78 is 13.9. The van der Waals surface area contributed by atoms with E-state index in [0.717, 1.165) is 25.2 Å². The lowest BCUT2D eigenvalue weighted by molar-refractivity contribution is 0.0293. The fraction of sp³-hybridized carbons (Fsp3) is 0.400. The molecule has 1 N–H and O–H groups in total. The Balaban J connectivity index is 1.34. The minimum atomic E-state index is -0.146. The fourth-order valence-electron chi connectivity index (χ4n) is 4.38. The third kappa shape index (κ3) is 5.60. The molecule has 5 rings (SSSR count). The predicted molar refractivity (Wildman–Crippen MR) is 130 cm³/mol. The molecular formula is C25H29N5O3S. The number of thioether (sulfide) groups is 1. The topological polar surface area (TPSA) is 81.5 Å². The van der Waals surface area contributed by atoms with Crippen LogP contribution in [-0.2, 0) is 24.4 Å². The lowest BCUT2D eigenvalue weighted by atomic mass is 10.1. The van der Waals surface area contributed by atoms with Gasteiger partial charge in [-0.15, -0.1) is 16.9 Å². The van der Waals surface area contributed by atoms with Crippen LogP contribution in [0.5, 0.6) is 5.75 Å². The molecule has 0 unspecified atom stereocenters. The van der Waals surface area contributed by atoms with Crippen molar-refractivity contribution in [1.82, 2.24) is 25.2 Å². The number of amides is 1. The summed E-state index contributed by atoms with van der Waals surface area (Å²) in [6.07, 6.45) is 4.64. The molecule has 8 nitrogen and oxygen atoms in total. The number of fused-ring (bicyclic) bond motifs is 5. The van der Waals surface area contributed by atoms with Crippen molar-refractivity contribution in [2.45, 2.75) is 43.2 Å². The molecule has 3 aromatic rings. The van der Waals surface area contributed by atoms with Crippen molar-refractivity contribution in [3.63, 3.8) is 0 Å². The quantitative estimate of drug-likeness (QED) is 0.579. The molecule has 2 aromatic carbocycles. The Morgan fingerprint density at radius 1 is 1.18 bits per heavy atom. The van der Waals surface area contributed by atoms with E-state index in [2.05, 4.69) is 51.1 Å². The smallest absolute Gasteiger partial charge is 0.251 e. The highest BCUT2D eigenvalue weighted by atomic mass is 32.2. The molecule has 1 fully saturated rings. The van der Waals surface area contributed by atoms with Gasteiger partial charge in [-0.25, -0.2) is 0 Å². The molecule has 0 aliphatic carbocycles. The van der Waals surface area contributed by atoms with E-state index in [9.17, 15) is 4.79 Å². The van der Waals surface area contributed by atoms with Gasteiger partial charge in [0.1, 0.15) is 11.4 Å². The van der Waals surface area contributed by atoms with Crippen molar-refractivity contribution in [3.05, 3.63) is 71.5 Å². The molecule has 2 aliphatic rings. The van der Waals surface area contributed by atoms with Gasteiger partial charge in [0.05, 0.1) is 31.6 Å². The van der Waals surface area contributed by atoms with Gasteiger partial charge in [-0.2, -0.15) is 0 Å². The second kappa shape index (κ2) is 10.6. The van der Waals surface area contributed by atoms with E-state index in [0.29, 0.717) is 37.6 Å². The van der Waals surface area contributed by atoms with Gasteiger partial charge in [0.2, 0.25) is 0 Å². The second-order valence-corrected chi connectivity index (χ2v) is 9.55. The number of aryl methyl sites for hydroxylation is 1. The Bertz CT molecular complexity index is 1120. The minimum Gasteiger partial charge on any atom is -0.494 e. The van der Waals surface area contributed by atoms with Crippen molar-refractivity contribution < 1.29 is 14.3 Å². The number of nitrogens with one attached hydrogen (secondary N) is 1. The lowest BCUT2D eigenvalue weighted by Crippen LogP contribution is -2.44. The third-order valence-electron chi connectivity index (χ3n) is 6.15. The van der Waals surface area contributed by atoms with Crippen LogP contribution in [0.25, 0.3) is 0 Å². The number of hydrogen-bond donors (Lipinski definition) is 1. The zero-order chi connectivity index (χ0) is 23.3. The van der Waals surface area contributed by atoms with Crippen molar-refractivity contribution in [3.8, 4) is 5.75 Å². The highest BCUT2D eigenvalue weighted by molar-refractivity contribution is 7.98. The minimum absolute atomic E-state index is 0.117. The van der Waals surface area contributed by atoms with Crippen LogP contribution in [0.1, 0.15) is 28.0 Å². The van der Waals surface area contributed by atoms with E-state index in [1.807, 2.05) is 29.1 Å². The molecule has 9 heteroatoms. The van der Waals surface area contributed by atoms with E-state index in [-0.39, 0.29) is 18.1 Å². The molecule has 1 saturated heterocycles. The van der Waals surface area contributed by atoms with Crippen LogP contribution in [0, 0.1) is 0 Å². The Hall–Kier alpha value is -2.88. The SMILES string of the molecule is CSc1ccc(CN2C[C@@H]3NC(=O)c4cccc(c4)OCCCn4cc(nn4)CO[C@H]3C2)cc1. The van der Waals surface area contributed by atoms with E-state index >= 15 is 0 Å². The molecular weight excluding hydrogens is 450 g/mol. The molecule has 2 atom stereocenters. The number of rotatable bonds is 3. The van der Waals surface area contributed by atoms with Gasteiger partial charge in [0, 0.05) is 43.1 Å². The molecule has 34 heavy (non-hydrogen) atoms. The van der Waals surface area contributed by atoms with Gasteiger partial charge in [0.25, 0.3) is 5.91 Å². The molecule has 178 valence electrons. The summed E-state index contributed by atoms with van der Waals surface area (Å²) >= 11 is 1.74. The maximum atomic E-state index is 13.1. The molecule has 1 aromatic heterocycles. The standard InChI is InChI=1S/C25H29N5O3S/c1-34-22-8-6-18(7-9-22)13-29-15-23-24(16-29)33-17-20-14-30(28-27-20)10-3-11-32-21-5-2-4-19(12-21)25(31)26-23/h2,4-9,12,14,23-24H,3,10-11,13,15-17H2,1H3,(H,26,31)/t23-,24-/m0/s1. The molecule has 1 amide bonds. The average Bonchev–Trinajstić information content (AvgIpc) is 3.47. The zero-order valence-corrected chi connectivity index (χ0v) is 20.0. The Morgan fingerprint density at radius 2 is 2.06 bits per heavy atom. The molecule has 4 bridgehead atoms. The number of carbonyl (C=O) groups is 1. The largest absolute Gasteiger partial charge is 0.494 e. The van der Waals surface area contributed by atoms with Gasteiger partial charge in [-0.3, -0.25) is 14.4 Å². The van der Waals surface area contributed by atoms with Crippen molar-refractivity contribution in [2.75, 3.05) is 26.0 Å². The van der Waals surface area contributed by atoms with Crippen LogP contribution in [-0.4, -0.2) is 63.9 Å². The Labute approximate surface area is 203 Å². The maximum absolute atomic E-state index is 13.1. The monoisotopic (exact) mass is 479 g/mol. The normalized spacial score (nSPS) is 21.5. The summed E-state index contributed by atoms with van der Waals surface area (Å²) in [7, 11) is 0. The van der Waals surface area contributed by atoms with Gasteiger partial charge >= 0.3 is 0 Å². The summed E-state index contributed by atoms with van der Waals surface area (Å²) in [5.41, 5.74) is 2.62. The van der Waals surface area contributed by atoms with Crippen LogP contribution in [0.4, 0.5) is 0 Å². The van der Waals surface area contributed by atoms with Crippen LogP contribution >= 0.6 is 11.8 Å². The number of carbonyl (C=O) groups excluding carboxylic acids is 1. The predicted octanol–water partition coefficient (Wildman–Crippen LogP) is 2.98. The van der Waals surface area contributed by atoms with Crippen LogP contribution < -0.4 is 10.1 Å². The highest BCUT2D eigenvalue weighted by Gasteiger charge is 2.35. The van der Waals surface area contributed by atoms with Crippen LogP contribution in [0.15, 0.2) is 59.6 Å². The molecule has 0 spiro atoms. The van der Waals surface area contributed by atoms with Gasteiger partial charge in [0.15, 0.2) is 0 Å². The highest BCUT2D eigenvalue weighted by Crippen LogP contribution is 2.21. The van der Waals surface area contributed by atoms with Crippen molar-refractivity contribution in [2.24, 2.45) is 0 Å². The summed E-state index contributed by atoms with van der Waals surface area (Å²) in [5.74, 6) is 0.571. The van der Waals surface area contributed by atoms with E-state index in [4.69, 9.17) is 9.47 Å². The molecule has 0 radical (unpaired) electrons. The third-order valence-corrected chi connectivity index (χ3v) is 6.90. The summed E-state index contributed by atoms with van der Waals surface area (Å²) in [5, 5.41) is 11.6. The maximum Gasteiger partial charge on any atom is 0.251 e. The second-order valence-electron chi connectivity index (χ2n) is 8.67. The molecule has 3 heterocycles. The first-order valence-electron chi connectivity index (χ1n) is 11.6. The van der Waals surface area contributed by atoms with E-state index in [1.165, 1.54) is 10.5 Å². The number of aromatic nitrogens is 3. The first-order chi connectivity index (χ1) is 16.7. The van der Waals surface area contributed by atoms with Crippen molar-refractivity contribution >= 4 is 17.7 Å². The first kappa shape index (κ1) is 22.9. The van der Waals surface area contributed by atoms with Gasteiger partial charge < -0.3 is 14.8 Å². The van der Waals surface area contributed by atoms with Crippen LogP contribution in [0.2, 0.25) is 0 Å². The summed E-state index contributed by atoms with van der Waals surface area (Å²) in [6, 6.07) is 15.8. The van der Waals surface area contributed by atoms with Crippen molar-refractivity contribution in [1.29, 1.82) is 0 Å². The van der Waals surface area contributed by atoms with E-state index in [1.54, 1.807) is 17.8 Å². The van der Waals surface area contributed by atoms with Crippen LogP contribution in [0.3, 0.4) is 0 Å². The average molecular weight is 480 g/mol. The number of benzene rings is 2. The number of ether oxygens (including phenoxy) is 2. The summed E-state index contributed by atoms with van der Waals surface area (Å²) in [4.78, 5) is 16.7. The number of nitrogens with zero attached hydrogens (tertiary/aromatic N) is 4. The molecule has 0 saturated carbocycles. The zero-order valence-electron chi connectivity index (χ0n) is 19.2. The first-order valence-corrected chi connectivity index (χ1v) is 12.8. The Morgan fingerprint density at radius 3 is 2.91 bits per heavy atom. The number of likely N-dealkylation sites (tertiary alicyclic amines) is 1. The van der Waals surface area contributed by atoms with Gasteiger partial charge in [-0.05, 0) is 42.2 Å². The Kier molecular flexibility index (Phi) is 7.13. The number of hydrogen-bond acceptors (Lipinski definition) is 7. The fourth-order valence-corrected chi connectivity index (χ4v) is 4.79. The molecule has 2 aliphatic heterocycles.